The third-order valence-electron chi connectivity index (χ3n) is 4.99. The lowest BCUT2D eigenvalue weighted by atomic mass is 9.98. The summed E-state index contributed by atoms with van der Waals surface area (Å²) >= 11 is 5.98. The molecule has 0 aliphatic carbocycles. The Labute approximate surface area is 184 Å². The van der Waals surface area contributed by atoms with E-state index in [2.05, 4.69) is 0 Å². The van der Waals surface area contributed by atoms with Crippen LogP contribution in [0, 0.1) is 27.4 Å². The number of nitro benzene ring substituents is 1. The first-order valence-corrected chi connectivity index (χ1v) is 11.1. The molecule has 0 saturated carbocycles. The summed E-state index contributed by atoms with van der Waals surface area (Å²) < 4.78 is 32.3. The van der Waals surface area contributed by atoms with Gasteiger partial charge in [-0.3, -0.25) is 14.9 Å². The molecule has 1 aliphatic rings. The fourth-order valence-corrected chi connectivity index (χ4v) is 5.19. The molecule has 162 valence electrons. The topological polar surface area (TPSA) is 131 Å². The van der Waals surface area contributed by atoms with Gasteiger partial charge in [-0.1, -0.05) is 23.7 Å². The smallest absolute Gasteiger partial charge is 0.309 e. The second kappa shape index (κ2) is 9.43. The summed E-state index contributed by atoms with van der Waals surface area (Å²) in [7, 11) is -4.04. The highest BCUT2D eigenvalue weighted by Gasteiger charge is 2.34. The van der Waals surface area contributed by atoms with Gasteiger partial charge in [0.05, 0.1) is 27.5 Å². The molecular formula is C20H18ClN3O6S. The standard InChI is InChI=1S/C20H18ClN3O6S/c21-18-6-5-17(24(26)27)11-19(18)31(28,29)23-9-7-16(8-10-23)20(25)30-13-15-3-1-14(12-22)2-4-15/h1-6,11,16H,7-10,13H2. The van der Waals surface area contributed by atoms with Crippen LogP contribution >= 0.6 is 11.6 Å². The number of carbonyl (C=O) groups excluding carboxylic acids is 1. The zero-order chi connectivity index (χ0) is 22.6. The Morgan fingerprint density at radius 1 is 1.23 bits per heavy atom. The Morgan fingerprint density at radius 3 is 2.45 bits per heavy atom. The number of esters is 1. The zero-order valence-electron chi connectivity index (χ0n) is 16.2. The molecule has 2 aromatic carbocycles. The summed E-state index contributed by atoms with van der Waals surface area (Å²) in [6, 6.07) is 11.9. The molecule has 0 atom stereocenters. The van der Waals surface area contributed by atoms with Crippen molar-refractivity contribution in [2.24, 2.45) is 5.92 Å². The van der Waals surface area contributed by atoms with Crippen LogP contribution in [-0.2, 0) is 26.2 Å². The van der Waals surface area contributed by atoms with Crippen molar-refractivity contribution in [3.8, 4) is 6.07 Å². The molecule has 0 spiro atoms. The highest BCUT2D eigenvalue weighted by molar-refractivity contribution is 7.89. The average molecular weight is 464 g/mol. The summed E-state index contributed by atoms with van der Waals surface area (Å²) in [6.45, 7) is 0.197. The first-order chi connectivity index (χ1) is 14.7. The maximum Gasteiger partial charge on any atom is 0.309 e. The minimum atomic E-state index is -4.04. The molecule has 31 heavy (non-hydrogen) atoms. The lowest BCUT2D eigenvalue weighted by Crippen LogP contribution is -2.40. The van der Waals surface area contributed by atoms with E-state index in [-0.39, 0.29) is 48.1 Å². The highest BCUT2D eigenvalue weighted by atomic mass is 35.5. The Kier molecular flexibility index (Phi) is 6.90. The van der Waals surface area contributed by atoms with E-state index in [1.54, 1.807) is 24.3 Å². The van der Waals surface area contributed by atoms with Crippen LogP contribution in [0.5, 0.6) is 0 Å². The van der Waals surface area contributed by atoms with Crippen LogP contribution < -0.4 is 0 Å². The predicted octanol–water partition coefficient (Wildman–Crippen LogP) is 3.26. The maximum atomic E-state index is 12.9. The molecule has 2 aromatic rings. The number of hydrogen-bond acceptors (Lipinski definition) is 7. The molecule has 0 aromatic heterocycles. The van der Waals surface area contributed by atoms with Crippen molar-refractivity contribution in [1.29, 1.82) is 5.26 Å². The number of hydrogen-bond donors (Lipinski definition) is 0. The molecule has 0 amide bonds. The van der Waals surface area contributed by atoms with E-state index in [4.69, 9.17) is 21.6 Å². The minimum Gasteiger partial charge on any atom is -0.461 e. The molecule has 0 N–H and O–H groups in total. The van der Waals surface area contributed by atoms with E-state index in [0.29, 0.717) is 5.56 Å². The number of halogens is 1. The molecule has 1 fully saturated rings. The molecule has 11 heteroatoms. The number of nitriles is 1. The van der Waals surface area contributed by atoms with Gasteiger partial charge >= 0.3 is 5.97 Å². The maximum absolute atomic E-state index is 12.9. The normalized spacial score (nSPS) is 15.2. The fraction of sp³-hybridized carbons (Fsp3) is 0.300. The van der Waals surface area contributed by atoms with Gasteiger partial charge < -0.3 is 4.74 Å². The van der Waals surface area contributed by atoms with E-state index in [1.807, 2.05) is 6.07 Å². The molecule has 3 rings (SSSR count). The van der Waals surface area contributed by atoms with Gasteiger partial charge in [0, 0.05) is 25.2 Å². The first kappa shape index (κ1) is 22.7. The molecule has 1 aliphatic heterocycles. The van der Waals surface area contributed by atoms with Crippen LogP contribution in [0.4, 0.5) is 5.69 Å². The van der Waals surface area contributed by atoms with Crippen LogP contribution in [0.15, 0.2) is 47.4 Å². The summed E-state index contributed by atoms with van der Waals surface area (Å²) in [5, 5.41) is 19.7. The van der Waals surface area contributed by atoms with Crippen molar-refractivity contribution >= 4 is 33.3 Å². The van der Waals surface area contributed by atoms with Crippen LogP contribution in [0.2, 0.25) is 5.02 Å². The SMILES string of the molecule is N#Cc1ccc(COC(=O)C2CCN(S(=O)(=O)c3cc([N+](=O)[O-])ccc3Cl)CC2)cc1. The number of ether oxygens (including phenoxy) is 1. The average Bonchev–Trinajstić information content (AvgIpc) is 2.77. The number of sulfonamides is 1. The lowest BCUT2D eigenvalue weighted by molar-refractivity contribution is -0.385. The third kappa shape index (κ3) is 5.19. The van der Waals surface area contributed by atoms with E-state index < -0.39 is 26.8 Å². The predicted molar refractivity (Wildman–Crippen MR) is 111 cm³/mol. The summed E-state index contributed by atoms with van der Waals surface area (Å²) in [5.41, 5.74) is 0.879. The number of nitro groups is 1. The van der Waals surface area contributed by atoms with Gasteiger partial charge in [0.2, 0.25) is 10.0 Å². The largest absolute Gasteiger partial charge is 0.461 e. The lowest BCUT2D eigenvalue weighted by Gasteiger charge is -2.30. The molecular weight excluding hydrogens is 446 g/mol. The van der Waals surface area contributed by atoms with E-state index >= 15 is 0 Å². The fourth-order valence-electron chi connectivity index (χ4n) is 3.22. The Balaban J connectivity index is 1.60. The summed E-state index contributed by atoms with van der Waals surface area (Å²) in [5.74, 6) is -0.875. The van der Waals surface area contributed by atoms with Gasteiger partial charge in [-0.05, 0) is 36.6 Å². The van der Waals surface area contributed by atoms with E-state index in [1.165, 1.54) is 10.4 Å². The Hall–Kier alpha value is -3.00. The molecule has 9 nitrogen and oxygen atoms in total. The second-order valence-electron chi connectivity index (χ2n) is 6.97. The molecule has 0 radical (unpaired) electrons. The molecule has 0 unspecified atom stereocenters. The quantitative estimate of drug-likeness (QED) is 0.365. The summed E-state index contributed by atoms with van der Waals surface area (Å²) in [4.78, 5) is 22.3. The van der Waals surface area contributed by atoms with Gasteiger partial charge in [0.25, 0.3) is 5.69 Å². The first-order valence-electron chi connectivity index (χ1n) is 9.32. The number of nitrogens with zero attached hydrogens (tertiary/aromatic N) is 3. The number of non-ortho nitro benzene ring substituents is 1. The van der Waals surface area contributed by atoms with Crippen LogP contribution in [0.3, 0.4) is 0 Å². The van der Waals surface area contributed by atoms with Crippen molar-refractivity contribution in [3.63, 3.8) is 0 Å². The van der Waals surface area contributed by atoms with Crippen LogP contribution in [0.25, 0.3) is 0 Å². The Morgan fingerprint density at radius 2 is 1.87 bits per heavy atom. The van der Waals surface area contributed by atoms with Crippen molar-refractivity contribution in [3.05, 3.63) is 68.7 Å². The van der Waals surface area contributed by atoms with Gasteiger partial charge in [-0.15, -0.1) is 0 Å². The number of carbonyl (C=O) groups is 1. The Bertz CT molecular complexity index is 1140. The van der Waals surface area contributed by atoms with Crippen LogP contribution in [-0.4, -0.2) is 36.7 Å². The zero-order valence-corrected chi connectivity index (χ0v) is 17.8. The van der Waals surface area contributed by atoms with Gasteiger partial charge in [-0.2, -0.15) is 9.57 Å². The van der Waals surface area contributed by atoms with Crippen molar-refractivity contribution in [1.82, 2.24) is 4.31 Å². The molecule has 0 bridgehead atoms. The van der Waals surface area contributed by atoms with Gasteiger partial charge in [0.1, 0.15) is 11.5 Å². The highest BCUT2D eigenvalue weighted by Crippen LogP contribution is 2.31. The van der Waals surface area contributed by atoms with Crippen LogP contribution in [0.1, 0.15) is 24.0 Å². The molecule has 1 saturated heterocycles. The monoisotopic (exact) mass is 463 g/mol. The summed E-state index contributed by atoms with van der Waals surface area (Å²) in [6.07, 6.45) is 0.524. The number of rotatable bonds is 6. The van der Waals surface area contributed by atoms with E-state index in [0.717, 1.165) is 17.7 Å². The van der Waals surface area contributed by atoms with Crippen molar-refractivity contribution < 1.29 is 22.9 Å². The molecule has 1 heterocycles. The van der Waals surface area contributed by atoms with Crippen molar-refractivity contribution in [2.75, 3.05) is 13.1 Å². The van der Waals surface area contributed by atoms with Gasteiger partial charge in [0.15, 0.2) is 0 Å². The number of benzene rings is 2. The third-order valence-corrected chi connectivity index (χ3v) is 7.38. The van der Waals surface area contributed by atoms with Gasteiger partial charge in [-0.25, -0.2) is 8.42 Å². The number of piperidine rings is 1. The minimum absolute atomic E-state index is 0.0619. The van der Waals surface area contributed by atoms with Crippen molar-refractivity contribution in [2.45, 2.75) is 24.3 Å². The van der Waals surface area contributed by atoms with E-state index in [9.17, 15) is 23.3 Å². The second-order valence-corrected chi connectivity index (χ2v) is 9.28.